The van der Waals surface area contributed by atoms with Gasteiger partial charge in [0, 0.05) is 16.6 Å². The highest BCUT2D eigenvalue weighted by Gasteiger charge is 2.14. The maximum absolute atomic E-state index is 12.2. The predicted octanol–water partition coefficient (Wildman–Crippen LogP) is 4.38. The second-order valence-corrected chi connectivity index (χ2v) is 6.07. The van der Waals surface area contributed by atoms with Gasteiger partial charge in [-0.15, -0.1) is 23.1 Å². The first-order chi connectivity index (χ1) is 10.3. The molecule has 0 saturated carbocycles. The second kappa shape index (κ2) is 6.15. The molecule has 3 aromatic rings. The number of nitrogens with zero attached hydrogens (tertiary/aromatic N) is 1. The van der Waals surface area contributed by atoms with Crippen molar-refractivity contribution in [3.05, 3.63) is 53.5 Å². The van der Waals surface area contributed by atoms with Crippen LogP contribution in [0.25, 0.3) is 10.6 Å². The molecule has 2 heterocycles. The van der Waals surface area contributed by atoms with Crippen LogP contribution in [0.4, 0.5) is 5.69 Å². The lowest BCUT2D eigenvalue weighted by molar-refractivity contribution is 0.101. The van der Waals surface area contributed by atoms with Gasteiger partial charge in [0.15, 0.2) is 11.5 Å². The van der Waals surface area contributed by atoms with Gasteiger partial charge in [-0.1, -0.05) is 17.3 Å². The number of amides is 1. The number of carbonyl (C=O) groups is 1. The van der Waals surface area contributed by atoms with Crippen molar-refractivity contribution in [3.8, 4) is 10.6 Å². The molecule has 0 aliphatic carbocycles. The number of hydrogen-bond acceptors (Lipinski definition) is 5. The van der Waals surface area contributed by atoms with Crippen LogP contribution in [-0.4, -0.2) is 17.3 Å². The lowest BCUT2D eigenvalue weighted by Gasteiger charge is -2.04. The average Bonchev–Trinajstić information content (AvgIpc) is 3.18. The number of hydrogen-bond donors (Lipinski definition) is 1. The first-order valence-corrected chi connectivity index (χ1v) is 8.33. The number of nitrogens with one attached hydrogen (secondary N) is 1. The molecule has 6 heteroatoms. The Morgan fingerprint density at radius 3 is 2.95 bits per heavy atom. The number of carbonyl (C=O) groups excluding carboxylic acids is 1. The molecule has 0 bridgehead atoms. The Morgan fingerprint density at radius 1 is 1.29 bits per heavy atom. The summed E-state index contributed by atoms with van der Waals surface area (Å²) in [4.78, 5) is 14.2. The van der Waals surface area contributed by atoms with Gasteiger partial charge in [-0.2, -0.15) is 0 Å². The van der Waals surface area contributed by atoms with E-state index in [2.05, 4.69) is 10.5 Å². The quantitative estimate of drug-likeness (QED) is 0.726. The SMILES string of the molecule is CSc1cccc(NC(=O)c2cc(-c3cccs3)on2)c1. The summed E-state index contributed by atoms with van der Waals surface area (Å²) in [7, 11) is 0. The van der Waals surface area contributed by atoms with Gasteiger partial charge in [0.25, 0.3) is 5.91 Å². The van der Waals surface area contributed by atoms with Crippen molar-refractivity contribution < 1.29 is 9.32 Å². The first-order valence-electron chi connectivity index (χ1n) is 6.22. The van der Waals surface area contributed by atoms with Crippen LogP contribution in [-0.2, 0) is 0 Å². The van der Waals surface area contributed by atoms with E-state index in [4.69, 9.17) is 4.52 Å². The number of rotatable bonds is 4. The highest BCUT2D eigenvalue weighted by molar-refractivity contribution is 7.98. The summed E-state index contributed by atoms with van der Waals surface area (Å²) in [6.45, 7) is 0. The molecule has 3 rings (SSSR count). The van der Waals surface area contributed by atoms with Gasteiger partial charge in [0.2, 0.25) is 0 Å². The standard InChI is InChI=1S/C15H12N2O2S2/c1-20-11-5-2-4-10(8-11)16-15(18)12-9-13(19-17-12)14-6-3-7-21-14/h2-9H,1H3,(H,16,18). The van der Waals surface area contributed by atoms with Crippen LogP contribution in [0, 0.1) is 0 Å². The van der Waals surface area contributed by atoms with Gasteiger partial charge >= 0.3 is 0 Å². The van der Waals surface area contributed by atoms with Crippen LogP contribution in [0.15, 0.2) is 57.3 Å². The van der Waals surface area contributed by atoms with E-state index in [1.54, 1.807) is 29.2 Å². The van der Waals surface area contributed by atoms with Crippen LogP contribution < -0.4 is 5.32 Å². The predicted molar refractivity (Wildman–Crippen MR) is 86.0 cm³/mol. The molecule has 0 aliphatic heterocycles. The number of aromatic nitrogens is 1. The van der Waals surface area contributed by atoms with Crippen molar-refractivity contribution in [2.75, 3.05) is 11.6 Å². The first kappa shape index (κ1) is 13.9. The Kier molecular flexibility index (Phi) is 4.08. The number of anilines is 1. The van der Waals surface area contributed by atoms with Crippen LogP contribution in [0.5, 0.6) is 0 Å². The van der Waals surface area contributed by atoms with Crippen LogP contribution in [0.2, 0.25) is 0 Å². The molecule has 2 aromatic heterocycles. The van der Waals surface area contributed by atoms with Crippen molar-refractivity contribution in [3.63, 3.8) is 0 Å². The minimum Gasteiger partial charge on any atom is -0.355 e. The third-order valence-corrected chi connectivity index (χ3v) is 4.44. The van der Waals surface area contributed by atoms with Gasteiger partial charge in [-0.05, 0) is 35.9 Å². The Hall–Kier alpha value is -2.05. The highest BCUT2D eigenvalue weighted by atomic mass is 32.2. The molecule has 0 unspecified atom stereocenters. The molecule has 4 nitrogen and oxygen atoms in total. The zero-order chi connectivity index (χ0) is 14.7. The maximum atomic E-state index is 12.2. The normalized spacial score (nSPS) is 10.5. The lowest BCUT2D eigenvalue weighted by atomic mass is 10.3. The average molecular weight is 316 g/mol. The minimum absolute atomic E-state index is 0.271. The molecule has 0 radical (unpaired) electrons. The van der Waals surface area contributed by atoms with E-state index in [0.29, 0.717) is 5.76 Å². The van der Waals surface area contributed by atoms with E-state index in [9.17, 15) is 4.79 Å². The Bertz CT molecular complexity index is 751. The molecule has 106 valence electrons. The molecular formula is C15H12N2O2S2. The summed E-state index contributed by atoms with van der Waals surface area (Å²) in [6.07, 6.45) is 1.99. The van der Waals surface area contributed by atoms with Crippen LogP contribution in [0.3, 0.4) is 0 Å². The number of thiophene rings is 1. The number of thioether (sulfide) groups is 1. The molecule has 0 saturated heterocycles. The Balaban J connectivity index is 1.76. The highest BCUT2D eigenvalue weighted by Crippen LogP contribution is 2.25. The zero-order valence-electron chi connectivity index (χ0n) is 11.2. The van der Waals surface area contributed by atoms with Gasteiger partial charge in [-0.3, -0.25) is 4.79 Å². The van der Waals surface area contributed by atoms with Crippen molar-refractivity contribution in [2.24, 2.45) is 0 Å². The van der Waals surface area contributed by atoms with E-state index < -0.39 is 0 Å². The fourth-order valence-corrected chi connectivity index (χ4v) is 2.95. The third kappa shape index (κ3) is 3.17. The molecule has 0 spiro atoms. The lowest BCUT2D eigenvalue weighted by Crippen LogP contribution is -2.12. The molecule has 0 fully saturated rings. The van der Waals surface area contributed by atoms with Gasteiger partial charge < -0.3 is 9.84 Å². The van der Waals surface area contributed by atoms with E-state index in [0.717, 1.165) is 15.5 Å². The molecule has 1 aromatic carbocycles. The van der Waals surface area contributed by atoms with Crippen molar-refractivity contribution in [2.45, 2.75) is 4.90 Å². The smallest absolute Gasteiger partial charge is 0.277 e. The van der Waals surface area contributed by atoms with E-state index in [-0.39, 0.29) is 11.6 Å². The summed E-state index contributed by atoms with van der Waals surface area (Å²) < 4.78 is 5.21. The largest absolute Gasteiger partial charge is 0.355 e. The summed E-state index contributed by atoms with van der Waals surface area (Å²) in [6, 6.07) is 13.2. The summed E-state index contributed by atoms with van der Waals surface area (Å²) in [5, 5.41) is 8.60. The Morgan fingerprint density at radius 2 is 2.19 bits per heavy atom. The van der Waals surface area contributed by atoms with Gasteiger partial charge in [0.05, 0.1) is 4.88 Å². The van der Waals surface area contributed by atoms with Crippen molar-refractivity contribution in [1.29, 1.82) is 0 Å². The van der Waals surface area contributed by atoms with Gasteiger partial charge in [0.1, 0.15) is 0 Å². The summed E-state index contributed by atoms with van der Waals surface area (Å²) in [5.41, 5.74) is 1.01. The summed E-state index contributed by atoms with van der Waals surface area (Å²) >= 11 is 3.17. The van der Waals surface area contributed by atoms with Crippen molar-refractivity contribution in [1.82, 2.24) is 5.16 Å². The maximum Gasteiger partial charge on any atom is 0.277 e. The van der Waals surface area contributed by atoms with E-state index in [1.807, 2.05) is 48.0 Å². The molecule has 1 N–H and O–H groups in total. The topological polar surface area (TPSA) is 55.1 Å². The van der Waals surface area contributed by atoms with Crippen LogP contribution >= 0.6 is 23.1 Å². The molecular weight excluding hydrogens is 304 g/mol. The molecule has 0 aliphatic rings. The van der Waals surface area contributed by atoms with Gasteiger partial charge in [-0.25, -0.2) is 0 Å². The monoisotopic (exact) mass is 316 g/mol. The Labute approximate surface area is 130 Å². The summed E-state index contributed by atoms with van der Waals surface area (Å²) in [5.74, 6) is 0.327. The zero-order valence-corrected chi connectivity index (χ0v) is 12.8. The molecule has 21 heavy (non-hydrogen) atoms. The number of benzene rings is 1. The molecule has 1 amide bonds. The molecule has 0 atom stereocenters. The van der Waals surface area contributed by atoms with E-state index >= 15 is 0 Å². The van der Waals surface area contributed by atoms with Crippen LogP contribution in [0.1, 0.15) is 10.5 Å². The van der Waals surface area contributed by atoms with E-state index in [1.165, 1.54) is 0 Å². The fourth-order valence-electron chi connectivity index (χ4n) is 1.81. The minimum atomic E-state index is -0.278. The van der Waals surface area contributed by atoms with Crippen molar-refractivity contribution >= 4 is 34.7 Å². The second-order valence-electron chi connectivity index (χ2n) is 4.24. The fraction of sp³-hybridized carbons (Fsp3) is 0.0667. The third-order valence-electron chi connectivity index (χ3n) is 2.83.